The minimum Gasteiger partial charge on any atom is -0.336 e. The molecule has 130 valence electrons. The van der Waals surface area contributed by atoms with Crippen LogP contribution in [-0.2, 0) is 6.54 Å². The molecule has 0 unspecified atom stereocenters. The second-order valence-electron chi connectivity index (χ2n) is 6.01. The van der Waals surface area contributed by atoms with Gasteiger partial charge < -0.3 is 4.90 Å². The Bertz CT molecular complexity index is 789. The summed E-state index contributed by atoms with van der Waals surface area (Å²) in [7, 11) is 0. The van der Waals surface area contributed by atoms with E-state index in [0.717, 1.165) is 30.2 Å². The van der Waals surface area contributed by atoms with E-state index in [1.165, 1.54) is 12.1 Å². The summed E-state index contributed by atoms with van der Waals surface area (Å²) in [5.41, 5.74) is 1.44. The van der Waals surface area contributed by atoms with E-state index < -0.39 is 4.92 Å². The van der Waals surface area contributed by atoms with Crippen LogP contribution >= 0.6 is 11.6 Å². The summed E-state index contributed by atoms with van der Waals surface area (Å²) >= 11 is 6.01. The van der Waals surface area contributed by atoms with Crippen molar-refractivity contribution in [3.05, 3.63) is 74.8 Å². The summed E-state index contributed by atoms with van der Waals surface area (Å²) < 4.78 is 0. The first kappa shape index (κ1) is 17.4. The quantitative estimate of drug-likeness (QED) is 0.621. The van der Waals surface area contributed by atoms with Gasteiger partial charge in [-0.15, -0.1) is 0 Å². The molecule has 0 radical (unpaired) electrons. The van der Waals surface area contributed by atoms with Gasteiger partial charge in [0.25, 0.3) is 11.6 Å². The fourth-order valence-electron chi connectivity index (χ4n) is 2.94. The van der Waals surface area contributed by atoms with Crippen LogP contribution in [0.5, 0.6) is 0 Å². The van der Waals surface area contributed by atoms with Crippen LogP contribution in [0.4, 0.5) is 5.69 Å². The van der Waals surface area contributed by atoms with Crippen molar-refractivity contribution in [2.75, 3.05) is 26.2 Å². The van der Waals surface area contributed by atoms with Gasteiger partial charge in [0.2, 0.25) is 0 Å². The van der Waals surface area contributed by atoms with Gasteiger partial charge in [0.15, 0.2) is 0 Å². The van der Waals surface area contributed by atoms with Crippen LogP contribution in [0.3, 0.4) is 0 Å². The second kappa shape index (κ2) is 7.63. The van der Waals surface area contributed by atoms with Gasteiger partial charge in [-0.1, -0.05) is 29.8 Å². The molecule has 25 heavy (non-hydrogen) atoms. The lowest BCUT2D eigenvalue weighted by Crippen LogP contribution is -2.48. The molecule has 6 nitrogen and oxygen atoms in total. The third-order valence-electron chi connectivity index (χ3n) is 4.26. The fraction of sp³-hybridized carbons (Fsp3) is 0.278. The maximum absolute atomic E-state index is 12.6. The summed E-state index contributed by atoms with van der Waals surface area (Å²) in [6.07, 6.45) is 0. The lowest BCUT2D eigenvalue weighted by atomic mass is 10.1. The van der Waals surface area contributed by atoms with Crippen LogP contribution in [0.1, 0.15) is 15.9 Å². The Morgan fingerprint density at radius 1 is 1.08 bits per heavy atom. The van der Waals surface area contributed by atoms with Crippen molar-refractivity contribution in [3.8, 4) is 0 Å². The zero-order chi connectivity index (χ0) is 17.8. The van der Waals surface area contributed by atoms with E-state index in [0.29, 0.717) is 18.7 Å². The minimum atomic E-state index is -0.486. The number of carbonyl (C=O) groups is 1. The normalized spacial score (nSPS) is 15.2. The number of nitrogens with zero attached hydrogens (tertiary/aromatic N) is 3. The fourth-order valence-corrected chi connectivity index (χ4v) is 3.15. The van der Waals surface area contributed by atoms with E-state index in [1.54, 1.807) is 17.0 Å². The molecule has 1 fully saturated rings. The number of hydrogen-bond donors (Lipinski definition) is 0. The molecule has 0 saturated carbocycles. The average Bonchev–Trinajstić information content (AvgIpc) is 2.62. The molecule has 1 heterocycles. The summed E-state index contributed by atoms with van der Waals surface area (Å²) in [6, 6.07) is 13.6. The molecule has 0 aliphatic carbocycles. The van der Waals surface area contributed by atoms with Crippen molar-refractivity contribution in [1.29, 1.82) is 0 Å². The van der Waals surface area contributed by atoms with Gasteiger partial charge in [0, 0.05) is 55.4 Å². The molecule has 3 rings (SSSR count). The lowest BCUT2D eigenvalue weighted by molar-refractivity contribution is -0.384. The lowest BCUT2D eigenvalue weighted by Gasteiger charge is -2.34. The zero-order valence-corrected chi connectivity index (χ0v) is 14.4. The maximum atomic E-state index is 12.6. The monoisotopic (exact) mass is 359 g/mol. The van der Waals surface area contributed by atoms with Gasteiger partial charge in [-0.25, -0.2) is 0 Å². The van der Waals surface area contributed by atoms with Gasteiger partial charge in [-0.3, -0.25) is 19.8 Å². The summed E-state index contributed by atoms with van der Waals surface area (Å²) in [4.78, 5) is 26.9. The molecule has 0 spiro atoms. The Morgan fingerprint density at radius 2 is 1.80 bits per heavy atom. The molecule has 2 aromatic carbocycles. The van der Waals surface area contributed by atoms with E-state index in [2.05, 4.69) is 4.90 Å². The first-order valence-electron chi connectivity index (χ1n) is 8.03. The first-order chi connectivity index (χ1) is 12.0. The van der Waals surface area contributed by atoms with Gasteiger partial charge in [-0.2, -0.15) is 0 Å². The largest absolute Gasteiger partial charge is 0.336 e. The van der Waals surface area contributed by atoms with Crippen LogP contribution in [-0.4, -0.2) is 46.8 Å². The Morgan fingerprint density at radius 3 is 2.48 bits per heavy atom. The highest BCUT2D eigenvalue weighted by Crippen LogP contribution is 2.17. The Labute approximate surface area is 150 Å². The van der Waals surface area contributed by atoms with Crippen molar-refractivity contribution < 1.29 is 9.72 Å². The number of carbonyl (C=O) groups excluding carboxylic acids is 1. The van der Waals surface area contributed by atoms with Crippen LogP contribution in [0.25, 0.3) is 0 Å². The number of rotatable bonds is 4. The Balaban J connectivity index is 1.59. The van der Waals surface area contributed by atoms with Gasteiger partial charge in [0.1, 0.15) is 0 Å². The smallest absolute Gasteiger partial charge is 0.270 e. The van der Waals surface area contributed by atoms with Crippen molar-refractivity contribution in [1.82, 2.24) is 9.80 Å². The molecule has 1 amide bonds. The maximum Gasteiger partial charge on any atom is 0.270 e. The highest BCUT2D eigenvalue weighted by atomic mass is 35.5. The Hall–Kier alpha value is -2.44. The number of hydrogen-bond acceptors (Lipinski definition) is 4. The number of benzene rings is 2. The predicted molar refractivity (Wildman–Crippen MR) is 95.7 cm³/mol. The minimum absolute atomic E-state index is 0.0644. The molecule has 1 aliphatic rings. The van der Waals surface area contributed by atoms with Crippen LogP contribution in [0.2, 0.25) is 5.02 Å². The molecule has 7 heteroatoms. The predicted octanol–water partition coefficient (Wildman–Crippen LogP) is 3.21. The molecular weight excluding hydrogens is 342 g/mol. The molecule has 0 aromatic heterocycles. The van der Waals surface area contributed by atoms with Gasteiger partial charge in [0.05, 0.1) is 4.92 Å². The van der Waals surface area contributed by atoms with Crippen molar-refractivity contribution in [2.45, 2.75) is 6.54 Å². The van der Waals surface area contributed by atoms with Crippen LogP contribution < -0.4 is 0 Å². The number of nitro groups is 1. The van der Waals surface area contributed by atoms with E-state index >= 15 is 0 Å². The number of amides is 1. The highest BCUT2D eigenvalue weighted by Gasteiger charge is 2.23. The highest BCUT2D eigenvalue weighted by molar-refractivity contribution is 6.30. The van der Waals surface area contributed by atoms with Gasteiger partial charge in [-0.05, 0) is 23.8 Å². The van der Waals surface area contributed by atoms with Crippen LogP contribution in [0, 0.1) is 10.1 Å². The summed E-state index contributed by atoms with van der Waals surface area (Å²) in [6.45, 7) is 3.50. The van der Waals surface area contributed by atoms with Gasteiger partial charge >= 0.3 is 0 Å². The molecule has 1 aliphatic heterocycles. The average molecular weight is 360 g/mol. The van der Waals surface area contributed by atoms with Crippen molar-refractivity contribution in [3.63, 3.8) is 0 Å². The van der Waals surface area contributed by atoms with Crippen LogP contribution in [0.15, 0.2) is 48.5 Å². The molecule has 0 N–H and O–H groups in total. The molecule has 2 aromatic rings. The molecule has 0 bridgehead atoms. The molecular formula is C18H18ClN3O3. The molecule has 0 atom stereocenters. The summed E-state index contributed by atoms with van der Waals surface area (Å²) in [5, 5.41) is 11.6. The van der Waals surface area contributed by atoms with E-state index in [1.807, 2.05) is 24.3 Å². The first-order valence-corrected chi connectivity index (χ1v) is 8.41. The third kappa shape index (κ3) is 4.35. The van der Waals surface area contributed by atoms with Crippen molar-refractivity contribution in [2.24, 2.45) is 0 Å². The number of halogens is 1. The number of non-ortho nitro benzene ring substituents is 1. The van der Waals surface area contributed by atoms with E-state index in [9.17, 15) is 14.9 Å². The summed E-state index contributed by atoms with van der Waals surface area (Å²) in [5.74, 6) is -0.161. The SMILES string of the molecule is O=C(c1cccc([N+](=O)[O-])c1)N1CCN(Cc2cccc(Cl)c2)CC1. The second-order valence-corrected chi connectivity index (χ2v) is 6.44. The molecule has 1 saturated heterocycles. The van der Waals surface area contributed by atoms with E-state index in [-0.39, 0.29) is 11.6 Å². The van der Waals surface area contributed by atoms with E-state index in [4.69, 9.17) is 11.6 Å². The topological polar surface area (TPSA) is 66.7 Å². The number of nitro benzene ring substituents is 1. The standard InChI is InChI=1S/C18H18ClN3O3/c19-16-5-1-3-14(11-16)13-20-7-9-21(10-8-20)18(23)15-4-2-6-17(12-15)22(24)25/h1-6,11-12H,7-10,13H2. The zero-order valence-electron chi connectivity index (χ0n) is 13.6. The Kier molecular flexibility index (Phi) is 5.31. The van der Waals surface area contributed by atoms with Crippen molar-refractivity contribution >= 4 is 23.2 Å². The third-order valence-corrected chi connectivity index (χ3v) is 4.49. The number of piperazine rings is 1.